The van der Waals surface area contributed by atoms with Gasteiger partial charge in [0.05, 0.1) is 0 Å². The molecule has 8 nitrogen and oxygen atoms in total. The van der Waals surface area contributed by atoms with Crippen molar-refractivity contribution >= 4 is 24.0 Å². The number of halogens is 1. The summed E-state index contributed by atoms with van der Waals surface area (Å²) in [4.78, 5) is 12.4. The van der Waals surface area contributed by atoms with E-state index in [2.05, 4.69) is 20.8 Å². The number of carbonyl (C=O) groups is 1. The molecule has 0 aliphatic carbocycles. The van der Waals surface area contributed by atoms with Gasteiger partial charge in [0.2, 0.25) is 5.91 Å². The molecule has 23 heavy (non-hydrogen) atoms. The summed E-state index contributed by atoms with van der Waals surface area (Å²) < 4.78 is 6.83. The van der Waals surface area contributed by atoms with Crippen molar-refractivity contribution in [2.45, 2.75) is 18.4 Å². The number of aromatic nitrogens is 4. The molecule has 1 aromatic carbocycles. The zero-order chi connectivity index (χ0) is 15.6. The summed E-state index contributed by atoms with van der Waals surface area (Å²) in [6.45, 7) is 1.02. The maximum Gasteiger partial charge on any atom is 0.244 e. The number of nitrogens with two attached hydrogens (primary N) is 1. The highest BCUT2D eigenvalue weighted by Crippen LogP contribution is 2.23. The van der Waals surface area contributed by atoms with Crippen molar-refractivity contribution in [3.8, 4) is 11.4 Å². The Labute approximate surface area is 139 Å². The van der Waals surface area contributed by atoms with E-state index >= 15 is 0 Å². The molecule has 1 amide bonds. The molecule has 2 aromatic rings. The van der Waals surface area contributed by atoms with Crippen molar-refractivity contribution in [2.75, 3.05) is 18.5 Å². The van der Waals surface area contributed by atoms with E-state index in [1.807, 2.05) is 24.3 Å². The highest BCUT2D eigenvalue weighted by molar-refractivity contribution is 5.98. The highest BCUT2D eigenvalue weighted by atomic mass is 35.5. The average molecular weight is 339 g/mol. The Hall–Kier alpha value is -2.03. The minimum absolute atomic E-state index is 0. The third kappa shape index (κ3) is 3.66. The number of nitrogens with one attached hydrogen (secondary N) is 1. The molecular formula is C14H19ClN6O2. The second-order valence-corrected chi connectivity index (χ2v) is 5.43. The first-order chi connectivity index (χ1) is 10.6. The van der Waals surface area contributed by atoms with Crippen LogP contribution in [0.5, 0.6) is 0 Å². The fraction of sp³-hybridized carbons (Fsp3) is 0.429. The summed E-state index contributed by atoms with van der Waals surface area (Å²) in [5, 5.41) is 14.3. The van der Waals surface area contributed by atoms with Crippen LogP contribution in [0.25, 0.3) is 11.4 Å². The summed E-state index contributed by atoms with van der Waals surface area (Å²) >= 11 is 0. The minimum atomic E-state index is -0.874. The Morgan fingerprint density at radius 1 is 1.39 bits per heavy atom. The Morgan fingerprint density at radius 3 is 2.78 bits per heavy atom. The van der Waals surface area contributed by atoms with Crippen LogP contribution in [0.15, 0.2) is 24.3 Å². The van der Waals surface area contributed by atoms with Crippen LogP contribution in [-0.2, 0) is 16.6 Å². The molecule has 1 aliphatic heterocycles. The van der Waals surface area contributed by atoms with Crippen molar-refractivity contribution in [3.63, 3.8) is 0 Å². The van der Waals surface area contributed by atoms with E-state index in [-0.39, 0.29) is 18.3 Å². The molecular weight excluding hydrogens is 320 g/mol. The first-order valence-electron chi connectivity index (χ1n) is 7.09. The third-order valence-corrected chi connectivity index (χ3v) is 3.84. The Kier molecular flexibility index (Phi) is 5.30. The molecule has 124 valence electrons. The molecule has 0 radical (unpaired) electrons. The lowest BCUT2D eigenvalue weighted by Crippen LogP contribution is -2.54. The lowest BCUT2D eigenvalue weighted by atomic mass is 9.90. The minimum Gasteiger partial charge on any atom is -0.381 e. The number of aryl methyl sites for hydroxylation is 1. The lowest BCUT2D eigenvalue weighted by Gasteiger charge is -2.31. The van der Waals surface area contributed by atoms with Gasteiger partial charge in [-0.25, -0.2) is 4.68 Å². The van der Waals surface area contributed by atoms with E-state index in [1.165, 1.54) is 0 Å². The molecule has 0 atom stereocenters. The molecule has 1 saturated heterocycles. The fourth-order valence-corrected chi connectivity index (χ4v) is 2.43. The zero-order valence-corrected chi connectivity index (χ0v) is 13.5. The first kappa shape index (κ1) is 17.3. The van der Waals surface area contributed by atoms with Gasteiger partial charge in [0.15, 0.2) is 5.82 Å². The molecule has 9 heteroatoms. The number of hydrogen-bond acceptors (Lipinski definition) is 6. The van der Waals surface area contributed by atoms with E-state index in [0.717, 1.165) is 5.56 Å². The van der Waals surface area contributed by atoms with Gasteiger partial charge in [-0.05, 0) is 35.4 Å². The van der Waals surface area contributed by atoms with Crippen molar-refractivity contribution in [1.29, 1.82) is 0 Å². The molecule has 0 unspecified atom stereocenters. The van der Waals surface area contributed by atoms with Crippen LogP contribution >= 0.6 is 12.4 Å². The number of tetrazole rings is 1. The molecule has 0 saturated carbocycles. The summed E-state index contributed by atoms with van der Waals surface area (Å²) in [6, 6.07) is 7.36. The van der Waals surface area contributed by atoms with E-state index in [4.69, 9.17) is 10.5 Å². The van der Waals surface area contributed by atoms with Gasteiger partial charge in [-0.3, -0.25) is 4.79 Å². The average Bonchev–Trinajstić information content (AvgIpc) is 2.94. The normalized spacial score (nSPS) is 16.4. The molecule has 1 aliphatic rings. The first-order valence-corrected chi connectivity index (χ1v) is 7.09. The summed E-state index contributed by atoms with van der Waals surface area (Å²) in [5.41, 5.74) is 6.80. The standard InChI is InChI=1S/C14H18N6O2.ClH/c1-20-12(17-18-19-20)10-3-2-4-11(9-10)16-13(21)14(15)5-7-22-8-6-14;/h2-4,9H,5-8,15H2,1H3,(H,16,21);1H. The maximum absolute atomic E-state index is 12.4. The Balaban J connectivity index is 0.00000192. The number of ether oxygens (including phenoxy) is 1. The van der Waals surface area contributed by atoms with Crippen molar-refractivity contribution in [2.24, 2.45) is 12.8 Å². The Morgan fingerprint density at radius 2 is 2.13 bits per heavy atom. The van der Waals surface area contributed by atoms with Gasteiger partial charge in [-0.1, -0.05) is 12.1 Å². The summed E-state index contributed by atoms with van der Waals surface area (Å²) in [7, 11) is 1.76. The van der Waals surface area contributed by atoms with Gasteiger partial charge >= 0.3 is 0 Å². The van der Waals surface area contributed by atoms with Crippen molar-refractivity contribution in [3.05, 3.63) is 24.3 Å². The second kappa shape index (κ2) is 7.03. The van der Waals surface area contributed by atoms with E-state index < -0.39 is 5.54 Å². The van der Waals surface area contributed by atoms with Gasteiger partial charge < -0.3 is 15.8 Å². The number of amides is 1. The molecule has 1 fully saturated rings. The molecule has 0 bridgehead atoms. The van der Waals surface area contributed by atoms with Gasteiger partial charge in [-0.15, -0.1) is 17.5 Å². The predicted octanol–water partition coefficient (Wildman–Crippen LogP) is 0.745. The van der Waals surface area contributed by atoms with E-state index in [0.29, 0.717) is 37.6 Å². The van der Waals surface area contributed by atoms with Crippen LogP contribution in [0.3, 0.4) is 0 Å². The van der Waals surface area contributed by atoms with Gasteiger partial charge in [0.25, 0.3) is 0 Å². The molecule has 0 spiro atoms. The fourth-order valence-electron chi connectivity index (χ4n) is 2.43. The molecule has 3 rings (SSSR count). The van der Waals surface area contributed by atoms with Crippen LogP contribution in [0, 0.1) is 0 Å². The molecule has 3 N–H and O–H groups in total. The SMILES string of the molecule is Cl.Cn1nnnc1-c1cccc(NC(=O)C2(N)CCOCC2)c1. The number of anilines is 1. The number of benzene rings is 1. The lowest BCUT2D eigenvalue weighted by molar-refractivity contribution is -0.124. The number of rotatable bonds is 3. The Bertz CT molecular complexity index is 683. The van der Waals surface area contributed by atoms with Gasteiger partial charge in [-0.2, -0.15) is 0 Å². The summed E-state index contributed by atoms with van der Waals surface area (Å²) in [5.74, 6) is 0.439. The topological polar surface area (TPSA) is 108 Å². The predicted molar refractivity (Wildman–Crippen MR) is 87.1 cm³/mol. The quantitative estimate of drug-likeness (QED) is 0.854. The highest BCUT2D eigenvalue weighted by Gasteiger charge is 2.35. The van der Waals surface area contributed by atoms with Gasteiger partial charge in [0, 0.05) is 31.5 Å². The number of carbonyl (C=O) groups excluding carboxylic acids is 1. The zero-order valence-electron chi connectivity index (χ0n) is 12.7. The van der Waals surface area contributed by atoms with Crippen molar-refractivity contribution in [1.82, 2.24) is 20.2 Å². The number of hydrogen-bond donors (Lipinski definition) is 2. The largest absolute Gasteiger partial charge is 0.381 e. The molecule has 1 aromatic heterocycles. The maximum atomic E-state index is 12.4. The number of nitrogens with zero attached hydrogens (tertiary/aromatic N) is 4. The van der Waals surface area contributed by atoms with Crippen molar-refractivity contribution < 1.29 is 9.53 Å². The van der Waals surface area contributed by atoms with Gasteiger partial charge in [0.1, 0.15) is 5.54 Å². The van der Waals surface area contributed by atoms with Crippen LogP contribution in [-0.4, -0.2) is 44.9 Å². The van der Waals surface area contributed by atoms with E-state index in [1.54, 1.807) is 11.7 Å². The van der Waals surface area contributed by atoms with Crippen LogP contribution < -0.4 is 11.1 Å². The van der Waals surface area contributed by atoms with Crippen LogP contribution in [0.1, 0.15) is 12.8 Å². The summed E-state index contributed by atoms with van der Waals surface area (Å²) in [6.07, 6.45) is 1.04. The monoisotopic (exact) mass is 338 g/mol. The van der Waals surface area contributed by atoms with Crippen LogP contribution in [0.2, 0.25) is 0 Å². The second-order valence-electron chi connectivity index (χ2n) is 5.43. The molecule has 2 heterocycles. The van der Waals surface area contributed by atoms with Crippen LogP contribution in [0.4, 0.5) is 5.69 Å². The third-order valence-electron chi connectivity index (χ3n) is 3.84. The smallest absolute Gasteiger partial charge is 0.244 e. The van der Waals surface area contributed by atoms with E-state index in [9.17, 15) is 4.79 Å².